The lowest BCUT2D eigenvalue weighted by Gasteiger charge is -2.08. The number of aromatic nitrogens is 3. The Hall–Kier alpha value is -2.11. The summed E-state index contributed by atoms with van der Waals surface area (Å²) in [5, 5.41) is 5.05. The Bertz CT molecular complexity index is 848. The maximum absolute atomic E-state index is 12.2. The number of hydrogen-bond acceptors (Lipinski definition) is 3. The zero-order valence-corrected chi connectivity index (χ0v) is 12.3. The van der Waals surface area contributed by atoms with Crippen molar-refractivity contribution in [3.05, 3.63) is 57.5 Å². The van der Waals surface area contributed by atoms with Crippen molar-refractivity contribution in [2.24, 2.45) is 12.8 Å². The summed E-state index contributed by atoms with van der Waals surface area (Å²) in [6, 6.07) is 10.9. The number of hydrogen-bond donors (Lipinski definition) is 1. The summed E-state index contributed by atoms with van der Waals surface area (Å²) in [5.74, 6) is 0. The van der Waals surface area contributed by atoms with Crippen molar-refractivity contribution < 1.29 is 0 Å². The Morgan fingerprint density at radius 2 is 1.95 bits per heavy atom. The van der Waals surface area contributed by atoms with Gasteiger partial charge in [0.15, 0.2) is 0 Å². The first-order valence-electron chi connectivity index (χ1n) is 6.65. The molecule has 21 heavy (non-hydrogen) atoms. The number of aryl methyl sites for hydroxylation is 1. The summed E-state index contributed by atoms with van der Waals surface area (Å²) in [5.41, 5.74) is 8.74. The Labute approximate surface area is 126 Å². The standard InChI is InChI=1S/C15H15ClN4O/c1-19-12(6-7-17)8-15(21)20-14(19)9-13(18-20)10-2-4-11(16)5-3-10/h2-5,8-9H,6-7,17H2,1H3. The fourth-order valence-corrected chi connectivity index (χ4v) is 2.50. The highest BCUT2D eigenvalue weighted by molar-refractivity contribution is 6.30. The molecule has 0 fully saturated rings. The van der Waals surface area contributed by atoms with E-state index < -0.39 is 0 Å². The van der Waals surface area contributed by atoms with Crippen LogP contribution in [0.1, 0.15) is 5.69 Å². The highest BCUT2D eigenvalue weighted by atomic mass is 35.5. The van der Waals surface area contributed by atoms with E-state index in [4.69, 9.17) is 17.3 Å². The first-order chi connectivity index (χ1) is 10.1. The third-order valence-corrected chi connectivity index (χ3v) is 3.76. The Kier molecular flexibility index (Phi) is 3.53. The van der Waals surface area contributed by atoms with E-state index in [0.29, 0.717) is 18.0 Å². The average Bonchev–Trinajstić information content (AvgIpc) is 2.91. The fourth-order valence-electron chi connectivity index (χ4n) is 2.37. The highest BCUT2D eigenvalue weighted by Gasteiger charge is 2.11. The third-order valence-electron chi connectivity index (χ3n) is 3.50. The molecule has 0 bridgehead atoms. The second kappa shape index (κ2) is 5.35. The van der Waals surface area contributed by atoms with Gasteiger partial charge >= 0.3 is 0 Å². The number of benzene rings is 1. The van der Waals surface area contributed by atoms with E-state index >= 15 is 0 Å². The van der Waals surface area contributed by atoms with Crippen LogP contribution in [0.25, 0.3) is 16.9 Å². The van der Waals surface area contributed by atoms with Crippen LogP contribution >= 0.6 is 11.6 Å². The predicted molar refractivity (Wildman–Crippen MR) is 83.6 cm³/mol. The fraction of sp³-hybridized carbons (Fsp3) is 0.200. The Morgan fingerprint density at radius 1 is 1.24 bits per heavy atom. The molecule has 3 rings (SSSR count). The second-order valence-corrected chi connectivity index (χ2v) is 5.31. The van der Waals surface area contributed by atoms with Crippen LogP contribution in [0.5, 0.6) is 0 Å². The molecule has 5 nitrogen and oxygen atoms in total. The van der Waals surface area contributed by atoms with Gasteiger partial charge in [-0.05, 0) is 18.7 Å². The highest BCUT2D eigenvalue weighted by Crippen LogP contribution is 2.21. The topological polar surface area (TPSA) is 65.3 Å². The minimum Gasteiger partial charge on any atom is -0.333 e. The first kappa shape index (κ1) is 13.9. The van der Waals surface area contributed by atoms with E-state index in [-0.39, 0.29) is 5.56 Å². The van der Waals surface area contributed by atoms with Crippen molar-refractivity contribution in [1.29, 1.82) is 0 Å². The van der Waals surface area contributed by atoms with Gasteiger partial charge in [0.2, 0.25) is 0 Å². The molecule has 0 aliphatic rings. The van der Waals surface area contributed by atoms with E-state index in [1.807, 2.05) is 29.8 Å². The molecule has 0 aliphatic carbocycles. The van der Waals surface area contributed by atoms with Gasteiger partial charge in [-0.25, -0.2) is 0 Å². The van der Waals surface area contributed by atoms with Gasteiger partial charge in [-0.2, -0.15) is 9.61 Å². The lowest BCUT2D eigenvalue weighted by molar-refractivity contribution is 0.757. The summed E-state index contributed by atoms with van der Waals surface area (Å²) < 4.78 is 3.35. The molecule has 0 amide bonds. The zero-order valence-electron chi connectivity index (χ0n) is 11.6. The largest absolute Gasteiger partial charge is 0.333 e. The molecule has 0 spiro atoms. The smallest absolute Gasteiger partial charge is 0.274 e. The molecule has 0 saturated carbocycles. The molecule has 0 aliphatic heterocycles. The van der Waals surface area contributed by atoms with E-state index in [1.165, 1.54) is 4.52 Å². The van der Waals surface area contributed by atoms with E-state index in [9.17, 15) is 4.79 Å². The van der Waals surface area contributed by atoms with E-state index in [2.05, 4.69) is 5.10 Å². The minimum atomic E-state index is -0.147. The molecule has 108 valence electrons. The van der Waals surface area contributed by atoms with Gasteiger partial charge in [0.25, 0.3) is 5.56 Å². The molecule has 2 aromatic heterocycles. The van der Waals surface area contributed by atoms with Crippen LogP contribution in [0, 0.1) is 0 Å². The molecule has 1 aromatic carbocycles. The molecule has 2 N–H and O–H groups in total. The Morgan fingerprint density at radius 3 is 2.62 bits per heavy atom. The van der Waals surface area contributed by atoms with Crippen LogP contribution in [0.4, 0.5) is 0 Å². The maximum atomic E-state index is 12.2. The van der Waals surface area contributed by atoms with Crippen molar-refractivity contribution in [2.45, 2.75) is 6.42 Å². The SMILES string of the molecule is Cn1c(CCN)cc(=O)n2nc(-c3ccc(Cl)cc3)cc12. The number of nitrogens with zero attached hydrogens (tertiary/aromatic N) is 3. The van der Waals surface area contributed by atoms with Crippen molar-refractivity contribution in [2.75, 3.05) is 6.54 Å². The molecule has 0 saturated heterocycles. The molecule has 3 aromatic rings. The summed E-state index contributed by atoms with van der Waals surface area (Å²) >= 11 is 5.89. The van der Waals surface area contributed by atoms with Gasteiger partial charge < -0.3 is 10.3 Å². The summed E-state index contributed by atoms with van der Waals surface area (Å²) in [4.78, 5) is 12.2. The van der Waals surface area contributed by atoms with Crippen LogP contribution in [-0.2, 0) is 13.5 Å². The van der Waals surface area contributed by atoms with Crippen LogP contribution in [0.3, 0.4) is 0 Å². The zero-order chi connectivity index (χ0) is 15.0. The Balaban J connectivity index is 2.20. The quantitative estimate of drug-likeness (QED) is 0.803. The van der Waals surface area contributed by atoms with Gasteiger partial charge in [-0.3, -0.25) is 4.79 Å². The van der Waals surface area contributed by atoms with Gasteiger partial charge in [0.1, 0.15) is 5.65 Å². The van der Waals surface area contributed by atoms with Crippen molar-refractivity contribution in [3.63, 3.8) is 0 Å². The lowest BCUT2D eigenvalue weighted by Crippen LogP contribution is -2.21. The van der Waals surface area contributed by atoms with E-state index in [0.717, 1.165) is 22.6 Å². The van der Waals surface area contributed by atoms with Gasteiger partial charge in [0, 0.05) is 41.9 Å². The number of halogens is 1. The summed E-state index contributed by atoms with van der Waals surface area (Å²) in [7, 11) is 1.91. The number of rotatable bonds is 3. The van der Waals surface area contributed by atoms with Crippen LogP contribution in [0.15, 0.2) is 41.2 Å². The first-order valence-corrected chi connectivity index (χ1v) is 7.02. The molecule has 0 atom stereocenters. The van der Waals surface area contributed by atoms with Crippen molar-refractivity contribution in [3.8, 4) is 11.3 Å². The van der Waals surface area contributed by atoms with Gasteiger partial charge in [-0.15, -0.1) is 0 Å². The normalized spacial score (nSPS) is 11.2. The minimum absolute atomic E-state index is 0.147. The van der Waals surface area contributed by atoms with E-state index in [1.54, 1.807) is 18.2 Å². The summed E-state index contributed by atoms with van der Waals surface area (Å²) in [6.45, 7) is 0.502. The molecule has 6 heteroatoms. The molecule has 0 radical (unpaired) electrons. The molecular formula is C15H15ClN4O. The lowest BCUT2D eigenvalue weighted by atomic mass is 10.1. The van der Waals surface area contributed by atoms with Gasteiger partial charge in [-0.1, -0.05) is 23.7 Å². The molecular weight excluding hydrogens is 288 g/mol. The monoisotopic (exact) mass is 302 g/mol. The average molecular weight is 303 g/mol. The van der Waals surface area contributed by atoms with Crippen molar-refractivity contribution >= 4 is 17.2 Å². The third kappa shape index (κ3) is 2.46. The van der Waals surface area contributed by atoms with Crippen LogP contribution < -0.4 is 11.3 Å². The van der Waals surface area contributed by atoms with Crippen LogP contribution in [0.2, 0.25) is 5.02 Å². The van der Waals surface area contributed by atoms with Crippen LogP contribution in [-0.4, -0.2) is 20.7 Å². The van der Waals surface area contributed by atoms with Gasteiger partial charge in [0.05, 0.1) is 5.69 Å². The maximum Gasteiger partial charge on any atom is 0.274 e. The molecule has 2 heterocycles. The summed E-state index contributed by atoms with van der Waals surface area (Å²) in [6.07, 6.45) is 0.656. The number of fused-ring (bicyclic) bond motifs is 1. The predicted octanol–water partition coefficient (Wildman–Crippen LogP) is 1.85. The van der Waals surface area contributed by atoms with Crippen molar-refractivity contribution in [1.82, 2.24) is 14.2 Å². The molecule has 0 unspecified atom stereocenters. The second-order valence-electron chi connectivity index (χ2n) is 4.88. The number of nitrogens with two attached hydrogens (primary N) is 1.